The van der Waals surface area contributed by atoms with Crippen LogP contribution >= 0.6 is 0 Å². The van der Waals surface area contributed by atoms with Crippen molar-refractivity contribution in [3.63, 3.8) is 0 Å². The van der Waals surface area contributed by atoms with Gasteiger partial charge in [-0.3, -0.25) is 4.79 Å². The summed E-state index contributed by atoms with van der Waals surface area (Å²) in [6.07, 6.45) is 3.28. The number of hydrogen-bond donors (Lipinski definition) is 1. The van der Waals surface area contributed by atoms with E-state index in [-0.39, 0.29) is 12.6 Å². The molecule has 1 amide bonds. The summed E-state index contributed by atoms with van der Waals surface area (Å²) in [5.74, 6) is 1.25. The number of furan rings is 1. The highest BCUT2D eigenvalue weighted by atomic mass is 16.5. The summed E-state index contributed by atoms with van der Waals surface area (Å²) in [7, 11) is 0. The molecule has 0 spiro atoms. The molecule has 24 heavy (non-hydrogen) atoms. The molecule has 6 nitrogen and oxygen atoms in total. The number of amides is 1. The van der Waals surface area contributed by atoms with Gasteiger partial charge in [-0.15, -0.1) is 0 Å². The Labute approximate surface area is 140 Å². The normalized spacial score (nSPS) is 10.6. The Morgan fingerprint density at radius 3 is 2.92 bits per heavy atom. The fraction of sp³-hybridized carbons (Fsp3) is 0.222. The highest BCUT2D eigenvalue weighted by molar-refractivity contribution is 5.92. The third-order valence-electron chi connectivity index (χ3n) is 3.56. The summed E-state index contributed by atoms with van der Waals surface area (Å²) in [5, 5.41) is 6.98. The number of nitrogens with zero attached hydrogens (tertiary/aromatic N) is 2. The molecule has 0 saturated carbocycles. The lowest BCUT2D eigenvalue weighted by atomic mass is 10.1. The Morgan fingerprint density at radius 2 is 2.17 bits per heavy atom. The van der Waals surface area contributed by atoms with E-state index in [9.17, 15) is 4.79 Å². The number of benzene rings is 1. The van der Waals surface area contributed by atoms with Crippen LogP contribution in [0.15, 0.2) is 53.3 Å². The topological polar surface area (TPSA) is 69.3 Å². The number of carbonyl (C=O) groups excluding carboxylic acids is 1. The molecule has 6 heteroatoms. The molecule has 0 aliphatic rings. The van der Waals surface area contributed by atoms with Crippen molar-refractivity contribution in [2.75, 3.05) is 0 Å². The fourth-order valence-electron chi connectivity index (χ4n) is 2.32. The first-order valence-corrected chi connectivity index (χ1v) is 7.66. The predicted octanol–water partition coefficient (Wildman–Crippen LogP) is 3.06. The van der Waals surface area contributed by atoms with Crippen molar-refractivity contribution >= 4 is 5.91 Å². The van der Waals surface area contributed by atoms with E-state index >= 15 is 0 Å². The van der Waals surface area contributed by atoms with E-state index in [1.165, 1.54) is 5.56 Å². The second kappa shape index (κ2) is 7.04. The van der Waals surface area contributed by atoms with Crippen LogP contribution in [0.3, 0.4) is 0 Å². The summed E-state index contributed by atoms with van der Waals surface area (Å²) in [6.45, 7) is 4.62. The molecule has 3 aromatic rings. The highest BCUT2D eigenvalue weighted by Crippen LogP contribution is 2.19. The largest absolute Gasteiger partial charge is 0.471 e. The van der Waals surface area contributed by atoms with Crippen molar-refractivity contribution in [3.8, 4) is 5.75 Å². The predicted molar refractivity (Wildman–Crippen MR) is 88.6 cm³/mol. The van der Waals surface area contributed by atoms with Gasteiger partial charge in [0.25, 0.3) is 5.91 Å². The van der Waals surface area contributed by atoms with E-state index in [0.29, 0.717) is 18.0 Å². The van der Waals surface area contributed by atoms with E-state index < -0.39 is 0 Å². The lowest BCUT2D eigenvalue weighted by Gasteiger charge is -2.09. The van der Waals surface area contributed by atoms with Gasteiger partial charge in [-0.05, 0) is 43.7 Å². The standard InChI is InChI=1S/C18H19N3O3/c1-13-5-6-17(14(2)10-13)24-12-21-8-7-16(20-21)18(22)19-11-15-4-3-9-23-15/h3-10H,11-12H2,1-2H3,(H,19,22). The SMILES string of the molecule is Cc1ccc(OCn2ccc(C(=O)NCc3ccco3)n2)c(C)c1. The molecular weight excluding hydrogens is 306 g/mol. The molecule has 0 aliphatic heterocycles. The molecular formula is C18H19N3O3. The Kier molecular flexibility index (Phi) is 4.65. The number of aryl methyl sites for hydroxylation is 2. The summed E-state index contributed by atoms with van der Waals surface area (Å²) in [6, 6.07) is 11.2. The molecule has 0 atom stereocenters. The lowest BCUT2D eigenvalue weighted by molar-refractivity contribution is 0.0941. The molecule has 0 aliphatic carbocycles. The third kappa shape index (κ3) is 3.84. The Morgan fingerprint density at radius 1 is 1.29 bits per heavy atom. The van der Waals surface area contributed by atoms with Crippen molar-refractivity contribution in [2.45, 2.75) is 27.1 Å². The molecule has 0 fully saturated rings. The number of hydrogen-bond acceptors (Lipinski definition) is 4. The first kappa shape index (κ1) is 15.9. The number of rotatable bonds is 6. The maximum absolute atomic E-state index is 12.0. The van der Waals surface area contributed by atoms with Crippen LogP contribution in [0.1, 0.15) is 27.4 Å². The van der Waals surface area contributed by atoms with Gasteiger partial charge in [0.05, 0.1) is 12.8 Å². The van der Waals surface area contributed by atoms with E-state index in [2.05, 4.69) is 16.5 Å². The van der Waals surface area contributed by atoms with Crippen LogP contribution < -0.4 is 10.1 Å². The molecule has 0 unspecified atom stereocenters. The minimum absolute atomic E-state index is 0.245. The number of aromatic nitrogens is 2. The van der Waals surface area contributed by atoms with Crippen LogP contribution in [0.2, 0.25) is 0 Å². The van der Waals surface area contributed by atoms with Gasteiger partial charge in [0.1, 0.15) is 17.2 Å². The number of ether oxygens (including phenoxy) is 1. The minimum Gasteiger partial charge on any atom is -0.471 e. The van der Waals surface area contributed by atoms with Crippen molar-refractivity contribution in [1.82, 2.24) is 15.1 Å². The van der Waals surface area contributed by atoms with Crippen LogP contribution in [0.25, 0.3) is 0 Å². The molecule has 3 rings (SSSR count). The number of carbonyl (C=O) groups is 1. The first-order valence-electron chi connectivity index (χ1n) is 7.66. The van der Waals surface area contributed by atoms with Crippen molar-refractivity contribution < 1.29 is 13.9 Å². The van der Waals surface area contributed by atoms with E-state index in [4.69, 9.17) is 9.15 Å². The lowest BCUT2D eigenvalue weighted by Crippen LogP contribution is -2.23. The average Bonchev–Trinajstić information content (AvgIpc) is 3.23. The summed E-state index contributed by atoms with van der Waals surface area (Å²) >= 11 is 0. The van der Waals surface area contributed by atoms with E-state index in [0.717, 1.165) is 11.3 Å². The fourth-order valence-corrected chi connectivity index (χ4v) is 2.32. The van der Waals surface area contributed by atoms with E-state index in [1.54, 1.807) is 35.3 Å². The van der Waals surface area contributed by atoms with Crippen LogP contribution in [0, 0.1) is 13.8 Å². The van der Waals surface area contributed by atoms with Crippen LogP contribution in [0.4, 0.5) is 0 Å². The van der Waals surface area contributed by atoms with Crippen molar-refractivity contribution in [1.29, 1.82) is 0 Å². The zero-order chi connectivity index (χ0) is 16.9. The maximum atomic E-state index is 12.0. The van der Waals surface area contributed by atoms with Crippen LogP contribution in [0.5, 0.6) is 5.75 Å². The Bertz CT molecular complexity index is 822. The maximum Gasteiger partial charge on any atom is 0.272 e. The van der Waals surface area contributed by atoms with Crippen molar-refractivity contribution in [2.24, 2.45) is 0 Å². The van der Waals surface area contributed by atoms with Gasteiger partial charge >= 0.3 is 0 Å². The zero-order valence-corrected chi connectivity index (χ0v) is 13.7. The van der Waals surface area contributed by atoms with Gasteiger partial charge in [-0.2, -0.15) is 5.10 Å². The smallest absolute Gasteiger partial charge is 0.272 e. The average molecular weight is 325 g/mol. The number of nitrogens with one attached hydrogen (secondary N) is 1. The molecule has 1 aromatic carbocycles. The van der Waals surface area contributed by atoms with Gasteiger partial charge in [-0.1, -0.05) is 17.7 Å². The van der Waals surface area contributed by atoms with Crippen molar-refractivity contribution in [3.05, 3.63) is 71.4 Å². The van der Waals surface area contributed by atoms with Gasteiger partial charge in [0.15, 0.2) is 6.73 Å². The monoisotopic (exact) mass is 325 g/mol. The van der Waals surface area contributed by atoms with Gasteiger partial charge in [0, 0.05) is 6.20 Å². The zero-order valence-electron chi connectivity index (χ0n) is 13.7. The van der Waals surface area contributed by atoms with Gasteiger partial charge < -0.3 is 14.5 Å². The second-order valence-electron chi connectivity index (χ2n) is 5.54. The molecule has 2 heterocycles. The van der Waals surface area contributed by atoms with Crippen LogP contribution in [-0.2, 0) is 13.3 Å². The third-order valence-corrected chi connectivity index (χ3v) is 3.56. The molecule has 0 bridgehead atoms. The van der Waals surface area contributed by atoms with Crippen LogP contribution in [-0.4, -0.2) is 15.7 Å². The summed E-state index contributed by atoms with van der Waals surface area (Å²) in [5.41, 5.74) is 2.60. The molecule has 1 N–H and O–H groups in total. The molecule has 2 aromatic heterocycles. The first-order chi connectivity index (χ1) is 11.6. The summed E-state index contributed by atoms with van der Waals surface area (Å²) in [4.78, 5) is 12.0. The molecule has 0 radical (unpaired) electrons. The van der Waals surface area contributed by atoms with Gasteiger partial charge in [-0.25, -0.2) is 4.68 Å². The van der Waals surface area contributed by atoms with Gasteiger partial charge in [0.2, 0.25) is 0 Å². The molecule has 0 saturated heterocycles. The molecule has 124 valence electrons. The highest BCUT2D eigenvalue weighted by Gasteiger charge is 2.10. The minimum atomic E-state index is -0.253. The van der Waals surface area contributed by atoms with E-state index in [1.807, 2.05) is 26.0 Å². The Hall–Kier alpha value is -3.02. The Balaban J connectivity index is 1.55. The quantitative estimate of drug-likeness (QED) is 0.756. The summed E-state index contributed by atoms with van der Waals surface area (Å²) < 4.78 is 12.5. The second-order valence-corrected chi connectivity index (χ2v) is 5.54.